The standard InChI is InChI=1S/C19H17FN2O3/c1-22(2)16-9-15(19(24)25)18(23)17-14(16)8-12(10-21-17)7-11-3-5-13(20)6-4-11/h3-6,8-10,23H,7H2,1-2H3,(H,24,25). The number of aromatic hydroxyl groups is 1. The number of carbonyl (C=O) groups is 1. The van der Waals surface area contributed by atoms with Crippen LogP contribution < -0.4 is 4.90 Å². The van der Waals surface area contributed by atoms with Crippen molar-refractivity contribution in [2.75, 3.05) is 19.0 Å². The molecule has 0 unspecified atom stereocenters. The van der Waals surface area contributed by atoms with Gasteiger partial charge in [-0.05, 0) is 41.8 Å². The minimum absolute atomic E-state index is 0.185. The molecule has 0 saturated carbocycles. The number of nitrogens with zero attached hydrogens (tertiary/aromatic N) is 2. The highest BCUT2D eigenvalue weighted by molar-refractivity contribution is 6.04. The van der Waals surface area contributed by atoms with E-state index in [2.05, 4.69) is 4.98 Å². The highest BCUT2D eigenvalue weighted by Crippen LogP contribution is 2.35. The lowest BCUT2D eigenvalue weighted by Gasteiger charge is -2.18. The first kappa shape index (κ1) is 16.7. The Balaban J connectivity index is 2.12. The average Bonchev–Trinajstić information content (AvgIpc) is 2.56. The van der Waals surface area contributed by atoms with Crippen LogP contribution in [0, 0.1) is 5.82 Å². The number of carboxylic acids is 1. The Morgan fingerprint density at radius 1 is 1.16 bits per heavy atom. The summed E-state index contributed by atoms with van der Waals surface area (Å²) in [5, 5.41) is 20.2. The van der Waals surface area contributed by atoms with E-state index >= 15 is 0 Å². The summed E-state index contributed by atoms with van der Waals surface area (Å²) < 4.78 is 13.0. The highest BCUT2D eigenvalue weighted by Gasteiger charge is 2.18. The van der Waals surface area contributed by atoms with Crippen LogP contribution in [0.2, 0.25) is 0 Å². The Kier molecular flexibility index (Phi) is 4.27. The number of aromatic nitrogens is 1. The van der Waals surface area contributed by atoms with Crippen molar-refractivity contribution >= 4 is 22.6 Å². The van der Waals surface area contributed by atoms with Gasteiger partial charge in [-0.25, -0.2) is 9.18 Å². The van der Waals surface area contributed by atoms with E-state index in [0.717, 1.165) is 11.1 Å². The average molecular weight is 340 g/mol. The molecule has 2 N–H and O–H groups in total. The summed E-state index contributed by atoms with van der Waals surface area (Å²) >= 11 is 0. The number of benzene rings is 2. The molecule has 25 heavy (non-hydrogen) atoms. The summed E-state index contributed by atoms with van der Waals surface area (Å²) in [5.41, 5.74) is 2.52. The Labute approximate surface area is 144 Å². The van der Waals surface area contributed by atoms with E-state index in [-0.39, 0.29) is 22.6 Å². The van der Waals surface area contributed by atoms with Gasteiger partial charge in [0.2, 0.25) is 0 Å². The van der Waals surface area contributed by atoms with Gasteiger partial charge in [0, 0.05) is 31.4 Å². The van der Waals surface area contributed by atoms with Crippen LogP contribution in [0.3, 0.4) is 0 Å². The van der Waals surface area contributed by atoms with E-state index in [4.69, 9.17) is 0 Å². The molecule has 6 heteroatoms. The smallest absolute Gasteiger partial charge is 0.339 e. The summed E-state index contributed by atoms with van der Waals surface area (Å²) in [6.07, 6.45) is 2.15. The number of pyridine rings is 1. The summed E-state index contributed by atoms with van der Waals surface area (Å²) in [6, 6.07) is 9.52. The quantitative estimate of drug-likeness (QED) is 0.761. The number of carboxylic acid groups (broad SMARTS) is 1. The molecule has 3 rings (SSSR count). The largest absolute Gasteiger partial charge is 0.505 e. The minimum atomic E-state index is -1.21. The molecule has 0 aliphatic rings. The van der Waals surface area contributed by atoms with E-state index in [1.807, 2.05) is 6.07 Å². The molecule has 0 amide bonds. The number of hydrogen-bond donors (Lipinski definition) is 2. The zero-order valence-corrected chi connectivity index (χ0v) is 13.8. The number of fused-ring (bicyclic) bond motifs is 1. The molecule has 3 aromatic rings. The first-order valence-corrected chi connectivity index (χ1v) is 7.66. The van der Waals surface area contributed by atoms with Crippen molar-refractivity contribution in [3.05, 3.63) is 65.1 Å². The first-order chi connectivity index (χ1) is 11.9. The molecule has 0 fully saturated rings. The van der Waals surface area contributed by atoms with E-state index < -0.39 is 5.97 Å². The molecular weight excluding hydrogens is 323 g/mol. The van der Waals surface area contributed by atoms with Gasteiger partial charge in [0.15, 0.2) is 5.75 Å². The van der Waals surface area contributed by atoms with Crippen LogP contribution in [0.1, 0.15) is 21.5 Å². The van der Waals surface area contributed by atoms with Gasteiger partial charge in [0.05, 0.1) is 0 Å². The first-order valence-electron chi connectivity index (χ1n) is 7.66. The van der Waals surface area contributed by atoms with Crippen molar-refractivity contribution in [1.29, 1.82) is 0 Å². The topological polar surface area (TPSA) is 73.7 Å². The molecule has 2 aromatic carbocycles. The number of aromatic carboxylic acids is 1. The van der Waals surface area contributed by atoms with Crippen LogP contribution >= 0.6 is 0 Å². The fraction of sp³-hybridized carbons (Fsp3) is 0.158. The normalized spacial score (nSPS) is 10.8. The van der Waals surface area contributed by atoms with Crippen molar-refractivity contribution in [3.63, 3.8) is 0 Å². The van der Waals surface area contributed by atoms with Gasteiger partial charge in [0.25, 0.3) is 0 Å². The van der Waals surface area contributed by atoms with Crippen molar-refractivity contribution < 1.29 is 19.4 Å². The zero-order chi connectivity index (χ0) is 18.1. The molecule has 0 bridgehead atoms. The third-order valence-corrected chi connectivity index (χ3v) is 4.01. The summed E-state index contributed by atoms with van der Waals surface area (Å²) in [6.45, 7) is 0. The fourth-order valence-corrected chi connectivity index (χ4v) is 2.77. The molecule has 1 aromatic heterocycles. The third kappa shape index (κ3) is 3.24. The molecule has 0 aliphatic carbocycles. The molecule has 0 aliphatic heterocycles. The van der Waals surface area contributed by atoms with Gasteiger partial charge in [-0.1, -0.05) is 12.1 Å². The van der Waals surface area contributed by atoms with Gasteiger partial charge in [-0.15, -0.1) is 0 Å². The number of anilines is 1. The zero-order valence-electron chi connectivity index (χ0n) is 13.8. The van der Waals surface area contributed by atoms with E-state index in [1.54, 1.807) is 37.3 Å². The summed E-state index contributed by atoms with van der Waals surface area (Å²) in [4.78, 5) is 17.4. The third-order valence-electron chi connectivity index (χ3n) is 4.01. The molecule has 1 heterocycles. The van der Waals surface area contributed by atoms with Crippen LogP contribution in [0.25, 0.3) is 10.9 Å². The fourth-order valence-electron chi connectivity index (χ4n) is 2.77. The molecule has 5 nitrogen and oxygen atoms in total. The summed E-state index contributed by atoms with van der Waals surface area (Å²) in [7, 11) is 3.59. The van der Waals surface area contributed by atoms with Crippen LogP contribution in [0.15, 0.2) is 42.6 Å². The Morgan fingerprint density at radius 2 is 1.84 bits per heavy atom. The molecular formula is C19H17FN2O3. The number of rotatable bonds is 4. The van der Waals surface area contributed by atoms with E-state index in [1.165, 1.54) is 18.2 Å². The predicted octanol–water partition coefficient (Wildman–Crippen LogP) is 3.43. The molecule has 0 atom stereocenters. The maximum absolute atomic E-state index is 13.0. The highest BCUT2D eigenvalue weighted by atomic mass is 19.1. The Bertz CT molecular complexity index is 953. The lowest BCUT2D eigenvalue weighted by molar-refractivity contribution is 0.0694. The molecule has 0 spiro atoms. The van der Waals surface area contributed by atoms with Gasteiger partial charge in [-0.3, -0.25) is 4.98 Å². The second-order valence-electron chi connectivity index (χ2n) is 6.03. The van der Waals surface area contributed by atoms with Gasteiger partial charge in [0.1, 0.15) is 16.9 Å². The maximum atomic E-state index is 13.0. The SMILES string of the molecule is CN(C)c1cc(C(=O)O)c(O)c2ncc(Cc3ccc(F)cc3)cc12. The predicted molar refractivity (Wildman–Crippen MR) is 93.9 cm³/mol. The van der Waals surface area contributed by atoms with Crippen LogP contribution in [-0.2, 0) is 6.42 Å². The minimum Gasteiger partial charge on any atom is -0.505 e. The van der Waals surface area contributed by atoms with Gasteiger partial charge < -0.3 is 15.1 Å². The Hall–Kier alpha value is -3.15. The lowest BCUT2D eigenvalue weighted by Crippen LogP contribution is -2.11. The summed E-state index contributed by atoms with van der Waals surface area (Å²) in [5.74, 6) is -1.84. The van der Waals surface area contributed by atoms with Gasteiger partial charge >= 0.3 is 5.97 Å². The van der Waals surface area contributed by atoms with Crippen molar-refractivity contribution in [1.82, 2.24) is 4.98 Å². The number of hydrogen-bond acceptors (Lipinski definition) is 4. The van der Waals surface area contributed by atoms with Crippen molar-refractivity contribution in [2.24, 2.45) is 0 Å². The Morgan fingerprint density at radius 3 is 2.44 bits per heavy atom. The molecule has 0 radical (unpaired) electrons. The monoisotopic (exact) mass is 340 g/mol. The van der Waals surface area contributed by atoms with Gasteiger partial charge in [-0.2, -0.15) is 0 Å². The number of halogens is 1. The second kappa shape index (κ2) is 6.39. The van der Waals surface area contributed by atoms with Crippen molar-refractivity contribution in [3.8, 4) is 5.75 Å². The van der Waals surface area contributed by atoms with E-state index in [0.29, 0.717) is 17.5 Å². The maximum Gasteiger partial charge on any atom is 0.339 e. The lowest BCUT2D eigenvalue weighted by atomic mass is 10.0. The van der Waals surface area contributed by atoms with Crippen LogP contribution in [0.5, 0.6) is 5.75 Å². The van der Waals surface area contributed by atoms with Crippen LogP contribution in [-0.4, -0.2) is 35.3 Å². The molecule has 0 saturated heterocycles. The van der Waals surface area contributed by atoms with Crippen molar-refractivity contribution in [2.45, 2.75) is 6.42 Å². The molecule has 128 valence electrons. The second-order valence-corrected chi connectivity index (χ2v) is 6.03. The van der Waals surface area contributed by atoms with Crippen LogP contribution in [0.4, 0.5) is 10.1 Å². The van der Waals surface area contributed by atoms with E-state index in [9.17, 15) is 19.4 Å². The number of phenols is 1.